The highest BCUT2D eigenvalue weighted by Gasteiger charge is 2.22. The molecule has 0 aliphatic carbocycles. The van der Waals surface area contributed by atoms with Crippen LogP contribution < -0.4 is 5.32 Å². The number of anilines is 1. The lowest BCUT2D eigenvalue weighted by Crippen LogP contribution is -2.42. The summed E-state index contributed by atoms with van der Waals surface area (Å²) in [7, 11) is 2.18. The highest BCUT2D eigenvalue weighted by atomic mass is 16.5. The van der Waals surface area contributed by atoms with Gasteiger partial charge in [0.2, 0.25) is 0 Å². The summed E-state index contributed by atoms with van der Waals surface area (Å²) in [6, 6.07) is 8.66. The van der Waals surface area contributed by atoms with E-state index in [1.807, 2.05) is 31.2 Å². The minimum atomic E-state index is -0.257. The van der Waals surface area contributed by atoms with Gasteiger partial charge in [-0.3, -0.25) is 0 Å². The molecule has 0 bridgehead atoms. The Labute approximate surface area is 121 Å². The Balaban J connectivity index is 1.92. The molecule has 2 unspecified atom stereocenters. The molecule has 4 heteroatoms. The fourth-order valence-corrected chi connectivity index (χ4v) is 2.57. The number of carbonyl (C=O) groups excluding carboxylic acids is 1. The lowest BCUT2D eigenvalue weighted by molar-refractivity contribution is 0.0526. The van der Waals surface area contributed by atoms with Crippen molar-refractivity contribution in [3.05, 3.63) is 29.8 Å². The second-order valence-electron chi connectivity index (χ2n) is 5.49. The van der Waals surface area contributed by atoms with E-state index in [0.29, 0.717) is 24.3 Å². The van der Waals surface area contributed by atoms with Gasteiger partial charge in [-0.25, -0.2) is 4.79 Å². The first-order valence-electron chi connectivity index (χ1n) is 7.34. The number of nitrogens with one attached hydrogen (secondary N) is 1. The van der Waals surface area contributed by atoms with Crippen LogP contribution in [-0.4, -0.2) is 43.2 Å². The van der Waals surface area contributed by atoms with Crippen LogP contribution >= 0.6 is 0 Å². The normalized spacial score (nSPS) is 23.4. The summed E-state index contributed by atoms with van der Waals surface area (Å²) in [6.45, 7) is 5.61. The van der Waals surface area contributed by atoms with Crippen molar-refractivity contribution in [2.24, 2.45) is 0 Å². The molecule has 1 saturated heterocycles. The van der Waals surface area contributed by atoms with Gasteiger partial charge in [0.25, 0.3) is 0 Å². The number of nitrogens with zero attached hydrogens (tertiary/aromatic N) is 1. The molecule has 110 valence electrons. The molecule has 2 atom stereocenters. The molecular formula is C16H24N2O2. The van der Waals surface area contributed by atoms with Gasteiger partial charge in [0.15, 0.2) is 0 Å². The smallest absolute Gasteiger partial charge is 0.338 e. The van der Waals surface area contributed by atoms with Crippen LogP contribution in [0, 0.1) is 0 Å². The van der Waals surface area contributed by atoms with Crippen molar-refractivity contribution in [1.29, 1.82) is 0 Å². The maximum atomic E-state index is 11.6. The van der Waals surface area contributed by atoms with E-state index in [1.165, 1.54) is 0 Å². The Morgan fingerprint density at radius 2 is 2.10 bits per heavy atom. The topological polar surface area (TPSA) is 41.6 Å². The molecule has 0 spiro atoms. The van der Waals surface area contributed by atoms with Gasteiger partial charge in [-0.05, 0) is 58.0 Å². The summed E-state index contributed by atoms with van der Waals surface area (Å²) >= 11 is 0. The third-order valence-corrected chi connectivity index (χ3v) is 3.98. The predicted octanol–water partition coefficient (Wildman–Crippen LogP) is 2.76. The van der Waals surface area contributed by atoms with Gasteiger partial charge in [0.1, 0.15) is 0 Å². The van der Waals surface area contributed by atoms with E-state index in [2.05, 4.69) is 24.2 Å². The van der Waals surface area contributed by atoms with Crippen molar-refractivity contribution in [3.8, 4) is 0 Å². The van der Waals surface area contributed by atoms with Gasteiger partial charge in [-0.1, -0.05) is 0 Å². The number of hydrogen-bond donors (Lipinski definition) is 1. The third kappa shape index (κ3) is 3.73. The number of likely N-dealkylation sites (tertiary alicyclic amines) is 1. The molecule has 1 aromatic rings. The SMILES string of the molecule is CCOC(=O)c1ccc(NC2CCN(C)C(C)C2)cc1. The second-order valence-corrected chi connectivity index (χ2v) is 5.49. The van der Waals surface area contributed by atoms with E-state index in [0.717, 1.165) is 25.1 Å². The summed E-state index contributed by atoms with van der Waals surface area (Å²) in [6.07, 6.45) is 2.30. The summed E-state index contributed by atoms with van der Waals surface area (Å²) in [5.41, 5.74) is 1.67. The van der Waals surface area contributed by atoms with E-state index in [4.69, 9.17) is 4.74 Å². The molecule has 0 saturated carbocycles. The van der Waals surface area contributed by atoms with Gasteiger partial charge in [-0.2, -0.15) is 0 Å². The van der Waals surface area contributed by atoms with Crippen molar-refractivity contribution in [2.45, 2.75) is 38.8 Å². The van der Waals surface area contributed by atoms with Crippen LogP contribution in [0.15, 0.2) is 24.3 Å². The van der Waals surface area contributed by atoms with E-state index < -0.39 is 0 Å². The minimum absolute atomic E-state index is 0.257. The van der Waals surface area contributed by atoms with Crippen LogP contribution in [0.3, 0.4) is 0 Å². The largest absolute Gasteiger partial charge is 0.462 e. The molecule has 0 amide bonds. The number of carbonyl (C=O) groups is 1. The van der Waals surface area contributed by atoms with Crippen molar-refractivity contribution in [2.75, 3.05) is 25.5 Å². The number of rotatable bonds is 4. The molecule has 2 rings (SSSR count). The fraction of sp³-hybridized carbons (Fsp3) is 0.562. The number of ether oxygens (including phenoxy) is 1. The zero-order valence-electron chi connectivity index (χ0n) is 12.6. The number of piperidine rings is 1. The minimum Gasteiger partial charge on any atom is -0.462 e. The first kappa shape index (κ1) is 14.9. The van der Waals surface area contributed by atoms with E-state index in [9.17, 15) is 4.79 Å². The molecule has 0 radical (unpaired) electrons. The van der Waals surface area contributed by atoms with Crippen LogP contribution in [0.2, 0.25) is 0 Å². The van der Waals surface area contributed by atoms with Crippen LogP contribution in [-0.2, 0) is 4.74 Å². The summed E-state index contributed by atoms with van der Waals surface area (Å²) in [4.78, 5) is 14.0. The van der Waals surface area contributed by atoms with Crippen LogP contribution in [0.4, 0.5) is 5.69 Å². The van der Waals surface area contributed by atoms with Gasteiger partial charge in [0, 0.05) is 24.3 Å². The molecule has 1 N–H and O–H groups in total. The maximum Gasteiger partial charge on any atom is 0.338 e. The molecule has 1 aliphatic heterocycles. The van der Waals surface area contributed by atoms with E-state index >= 15 is 0 Å². The molecule has 4 nitrogen and oxygen atoms in total. The number of hydrogen-bond acceptors (Lipinski definition) is 4. The first-order valence-corrected chi connectivity index (χ1v) is 7.34. The predicted molar refractivity (Wildman–Crippen MR) is 81.1 cm³/mol. The molecule has 1 aromatic carbocycles. The Hall–Kier alpha value is -1.55. The fourth-order valence-electron chi connectivity index (χ4n) is 2.57. The zero-order valence-corrected chi connectivity index (χ0v) is 12.6. The quantitative estimate of drug-likeness (QED) is 0.859. The molecule has 1 fully saturated rings. The first-order chi connectivity index (χ1) is 9.60. The van der Waals surface area contributed by atoms with Gasteiger partial charge in [0.05, 0.1) is 12.2 Å². The summed E-state index contributed by atoms with van der Waals surface area (Å²) in [5.74, 6) is -0.257. The zero-order chi connectivity index (χ0) is 14.5. The van der Waals surface area contributed by atoms with Crippen molar-refractivity contribution < 1.29 is 9.53 Å². The Morgan fingerprint density at radius 3 is 2.70 bits per heavy atom. The standard InChI is InChI=1S/C16H24N2O2/c1-4-20-16(19)13-5-7-14(8-6-13)17-15-9-10-18(3)12(2)11-15/h5-8,12,15,17H,4,9-11H2,1-3H3. The van der Waals surface area contributed by atoms with Crippen LogP contribution in [0.5, 0.6) is 0 Å². The Morgan fingerprint density at radius 1 is 1.40 bits per heavy atom. The second kappa shape index (κ2) is 6.75. The molecule has 1 aliphatic rings. The monoisotopic (exact) mass is 276 g/mol. The highest BCUT2D eigenvalue weighted by molar-refractivity contribution is 5.89. The lowest BCUT2D eigenvalue weighted by atomic mass is 9.98. The van der Waals surface area contributed by atoms with Gasteiger partial charge in [-0.15, -0.1) is 0 Å². The van der Waals surface area contributed by atoms with Gasteiger partial charge < -0.3 is 15.0 Å². The highest BCUT2D eigenvalue weighted by Crippen LogP contribution is 2.20. The Kier molecular flexibility index (Phi) is 5.01. The number of benzene rings is 1. The molecular weight excluding hydrogens is 252 g/mol. The molecule has 0 aromatic heterocycles. The number of esters is 1. The average molecular weight is 276 g/mol. The maximum absolute atomic E-state index is 11.6. The van der Waals surface area contributed by atoms with Crippen molar-refractivity contribution >= 4 is 11.7 Å². The molecule has 20 heavy (non-hydrogen) atoms. The van der Waals surface area contributed by atoms with Crippen molar-refractivity contribution in [1.82, 2.24) is 4.90 Å². The van der Waals surface area contributed by atoms with Crippen LogP contribution in [0.1, 0.15) is 37.0 Å². The average Bonchev–Trinajstić information content (AvgIpc) is 2.44. The lowest BCUT2D eigenvalue weighted by Gasteiger charge is -2.35. The van der Waals surface area contributed by atoms with E-state index in [1.54, 1.807) is 0 Å². The van der Waals surface area contributed by atoms with E-state index in [-0.39, 0.29) is 5.97 Å². The van der Waals surface area contributed by atoms with Crippen LogP contribution in [0.25, 0.3) is 0 Å². The third-order valence-electron chi connectivity index (χ3n) is 3.98. The molecule has 1 heterocycles. The Bertz CT molecular complexity index is 444. The summed E-state index contributed by atoms with van der Waals surface area (Å²) < 4.78 is 4.98. The van der Waals surface area contributed by atoms with Gasteiger partial charge >= 0.3 is 5.97 Å². The summed E-state index contributed by atoms with van der Waals surface area (Å²) in [5, 5.41) is 3.55. The van der Waals surface area contributed by atoms with Crippen molar-refractivity contribution in [3.63, 3.8) is 0 Å².